The van der Waals surface area contributed by atoms with Gasteiger partial charge in [-0.25, -0.2) is 0 Å². The summed E-state index contributed by atoms with van der Waals surface area (Å²) in [6, 6.07) is 7.27. The van der Waals surface area contributed by atoms with Gasteiger partial charge >= 0.3 is 11.9 Å². The van der Waals surface area contributed by atoms with Crippen molar-refractivity contribution in [3.8, 4) is 5.75 Å². The molecule has 11 heteroatoms. The summed E-state index contributed by atoms with van der Waals surface area (Å²) in [6.45, 7) is 12.9. The molecule has 3 rings (SSSR count). The number of methoxy groups -OCH3 is 2. The summed E-state index contributed by atoms with van der Waals surface area (Å²) in [6.07, 6.45) is 6.34. The molecule has 0 aromatic heterocycles. The normalized spacial score (nSPS) is 31.7. The van der Waals surface area contributed by atoms with Gasteiger partial charge in [0.15, 0.2) is 0 Å². The number of esters is 2. The van der Waals surface area contributed by atoms with Crippen molar-refractivity contribution in [2.45, 2.75) is 135 Å². The van der Waals surface area contributed by atoms with Crippen molar-refractivity contribution in [2.24, 2.45) is 11.8 Å². The second kappa shape index (κ2) is 18.4. The first-order valence-electron chi connectivity index (χ1n) is 17.6. The van der Waals surface area contributed by atoms with Crippen LogP contribution in [0.1, 0.15) is 79.7 Å². The number of ether oxygens (including phenoxy) is 5. The molecule has 2 aliphatic heterocycles. The van der Waals surface area contributed by atoms with Gasteiger partial charge in [0, 0.05) is 32.4 Å². The maximum atomic E-state index is 12.9. The minimum Gasteiger partial charge on any atom is -0.497 e. The molecule has 4 N–H and O–H groups in total. The summed E-state index contributed by atoms with van der Waals surface area (Å²) >= 11 is 0. The highest BCUT2D eigenvalue weighted by molar-refractivity contribution is 5.70. The fraction of sp³-hybridized carbons (Fsp3) is 0.641. The molecule has 1 fully saturated rings. The lowest BCUT2D eigenvalue weighted by Crippen LogP contribution is -2.52. The van der Waals surface area contributed by atoms with Crippen molar-refractivity contribution in [1.82, 2.24) is 5.32 Å². The third kappa shape index (κ3) is 11.7. The number of aliphatic hydroxyl groups is 3. The van der Waals surface area contributed by atoms with Gasteiger partial charge in [-0.15, -0.1) is 0 Å². The standard InChI is InChI=1S/C39H59NO10/c1-10-31(47-9)26(4)35-36(50-35)37(40-23-28-14-16-30(46-8)17-15-28)39(7,45)20-11-12-24(2)34-25(3)13-18-32(48-27(5)41)38(6,44)21-19-29(42)22-33(43)49-34/h11-18,20,25-26,29,31-32,34-37,40,42,44-45H,10,19,21-23H2,1-9H3/b18-13+,20-11+,24-12+/t25-,26+,29+,31-,32-,34+,35+,36-,37?,38+,39?/m0/s1. The molecule has 11 atom stereocenters. The summed E-state index contributed by atoms with van der Waals surface area (Å²) in [5, 5.41) is 37.0. The minimum atomic E-state index is -1.46. The first-order chi connectivity index (χ1) is 23.5. The molecule has 0 aliphatic carbocycles. The zero-order valence-electron chi connectivity index (χ0n) is 31.1. The number of cyclic esters (lactones) is 1. The number of aliphatic hydroxyl groups excluding tert-OH is 1. The summed E-state index contributed by atoms with van der Waals surface area (Å²) in [5.74, 6) is -0.623. The van der Waals surface area contributed by atoms with Crippen molar-refractivity contribution in [3.05, 3.63) is 65.8 Å². The molecular weight excluding hydrogens is 642 g/mol. The van der Waals surface area contributed by atoms with E-state index in [9.17, 15) is 24.9 Å². The largest absolute Gasteiger partial charge is 0.497 e. The van der Waals surface area contributed by atoms with Gasteiger partial charge in [0.25, 0.3) is 0 Å². The fourth-order valence-corrected chi connectivity index (χ4v) is 6.64. The van der Waals surface area contributed by atoms with Gasteiger partial charge in [-0.1, -0.05) is 57.2 Å². The third-order valence-electron chi connectivity index (χ3n) is 9.87. The molecule has 280 valence electrons. The van der Waals surface area contributed by atoms with Crippen LogP contribution in [0, 0.1) is 11.8 Å². The molecule has 0 radical (unpaired) electrons. The van der Waals surface area contributed by atoms with E-state index < -0.39 is 47.5 Å². The highest BCUT2D eigenvalue weighted by atomic mass is 16.6. The number of allylic oxidation sites excluding steroid dienone is 2. The summed E-state index contributed by atoms with van der Waals surface area (Å²) in [4.78, 5) is 24.7. The molecule has 2 aliphatic rings. The lowest BCUT2D eigenvalue weighted by atomic mass is 9.87. The number of hydrogen-bond donors (Lipinski definition) is 4. The Morgan fingerprint density at radius 1 is 1.18 bits per heavy atom. The number of carbonyl (C=O) groups is 2. The zero-order chi connectivity index (χ0) is 37.2. The third-order valence-corrected chi connectivity index (χ3v) is 9.87. The number of carbonyl (C=O) groups excluding carboxylic acids is 2. The van der Waals surface area contributed by atoms with Crippen LogP contribution in [0.2, 0.25) is 0 Å². The van der Waals surface area contributed by atoms with Gasteiger partial charge in [-0.05, 0) is 69.4 Å². The Labute approximate surface area is 297 Å². The molecule has 2 unspecified atom stereocenters. The first kappa shape index (κ1) is 41.4. The van der Waals surface area contributed by atoms with Crippen molar-refractivity contribution < 1.29 is 48.6 Å². The van der Waals surface area contributed by atoms with E-state index in [-0.39, 0.29) is 49.4 Å². The number of rotatable bonds is 14. The number of nitrogens with one attached hydrogen (secondary N) is 1. The van der Waals surface area contributed by atoms with Gasteiger partial charge in [0.1, 0.15) is 29.7 Å². The topological polar surface area (TPSA) is 156 Å². The van der Waals surface area contributed by atoms with Crippen LogP contribution in [0.3, 0.4) is 0 Å². The fourth-order valence-electron chi connectivity index (χ4n) is 6.64. The number of benzene rings is 1. The molecule has 11 nitrogen and oxygen atoms in total. The van der Waals surface area contributed by atoms with Gasteiger partial charge in [0.05, 0.1) is 43.5 Å². The average Bonchev–Trinajstić information content (AvgIpc) is 3.85. The van der Waals surface area contributed by atoms with Gasteiger partial charge in [0.2, 0.25) is 0 Å². The summed E-state index contributed by atoms with van der Waals surface area (Å²) < 4.78 is 28.5. The molecule has 2 heterocycles. The molecule has 0 spiro atoms. The van der Waals surface area contributed by atoms with Crippen LogP contribution in [0.15, 0.2) is 60.2 Å². The Bertz CT molecular complexity index is 1330. The van der Waals surface area contributed by atoms with Crippen LogP contribution < -0.4 is 10.1 Å². The van der Waals surface area contributed by atoms with Crippen molar-refractivity contribution in [2.75, 3.05) is 14.2 Å². The maximum Gasteiger partial charge on any atom is 0.309 e. The molecule has 50 heavy (non-hydrogen) atoms. The average molecular weight is 702 g/mol. The molecule has 1 aromatic rings. The van der Waals surface area contributed by atoms with Crippen molar-refractivity contribution in [3.63, 3.8) is 0 Å². The van der Waals surface area contributed by atoms with Gasteiger partial charge < -0.3 is 44.3 Å². The van der Waals surface area contributed by atoms with E-state index in [2.05, 4.69) is 19.2 Å². The van der Waals surface area contributed by atoms with Crippen LogP contribution in [0.25, 0.3) is 0 Å². The van der Waals surface area contributed by atoms with E-state index in [4.69, 9.17) is 23.7 Å². The van der Waals surface area contributed by atoms with E-state index in [0.717, 1.165) is 17.7 Å². The van der Waals surface area contributed by atoms with Gasteiger partial charge in [-0.2, -0.15) is 0 Å². The Hall–Kier alpha value is -3.06. The Morgan fingerprint density at radius 2 is 1.86 bits per heavy atom. The second-order valence-electron chi connectivity index (χ2n) is 14.2. The molecule has 0 amide bonds. The SMILES string of the molecule is CC[C@H](OC)[C@@H](C)[C@H]1O[C@@H]1C(NCc1ccc(OC)cc1)C(C)(O)/C=C/C=C(\C)[C@H]1OC(=O)C[C@H](O)CC[C@@](C)(O)[C@@H](OC(C)=O)/C=C/[C@@H]1C. The smallest absolute Gasteiger partial charge is 0.309 e. The van der Waals surface area contributed by atoms with Crippen LogP contribution in [-0.4, -0.2) is 95.3 Å². The molecule has 1 aromatic carbocycles. The Morgan fingerprint density at radius 3 is 2.46 bits per heavy atom. The van der Waals surface area contributed by atoms with Crippen molar-refractivity contribution in [1.29, 1.82) is 0 Å². The minimum absolute atomic E-state index is 0.0274. The maximum absolute atomic E-state index is 12.9. The molecule has 1 saturated heterocycles. The van der Waals surface area contributed by atoms with Crippen LogP contribution in [0.5, 0.6) is 5.75 Å². The monoisotopic (exact) mass is 701 g/mol. The van der Waals surface area contributed by atoms with Crippen LogP contribution >= 0.6 is 0 Å². The quantitative estimate of drug-likeness (QED) is 0.0933. The highest BCUT2D eigenvalue weighted by Gasteiger charge is 2.54. The molecule has 0 saturated carbocycles. The van der Waals surface area contributed by atoms with E-state index in [1.807, 2.05) is 38.1 Å². The van der Waals surface area contributed by atoms with E-state index in [0.29, 0.717) is 12.1 Å². The number of hydrogen-bond acceptors (Lipinski definition) is 11. The Balaban J connectivity index is 1.87. The predicted molar refractivity (Wildman–Crippen MR) is 190 cm³/mol. The van der Waals surface area contributed by atoms with E-state index in [1.165, 1.54) is 6.92 Å². The predicted octanol–water partition coefficient (Wildman–Crippen LogP) is 4.57. The zero-order valence-corrected chi connectivity index (χ0v) is 31.1. The second-order valence-corrected chi connectivity index (χ2v) is 14.2. The van der Waals surface area contributed by atoms with E-state index in [1.54, 1.807) is 58.4 Å². The van der Waals surface area contributed by atoms with Crippen molar-refractivity contribution >= 4 is 11.9 Å². The summed E-state index contributed by atoms with van der Waals surface area (Å²) in [7, 11) is 3.33. The summed E-state index contributed by atoms with van der Waals surface area (Å²) in [5.41, 5.74) is -1.10. The Kier molecular flexibility index (Phi) is 15.3. The first-order valence-corrected chi connectivity index (χ1v) is 17.6. The van der Waals surface area contributed by atoms with Gasteiger partial charge in [-0.3, -0.25) is 9.59 Å². The highest BCUT2D eigenvalue weighted by Crippen LogP contribution is 2.39. The van der Waals surface area contributed by atoms with Crippen LogP contribution in [-0.2, 0) is 35.1 Å². The molecular formula is C39H59NO10. The number of epoxide rings is 1. The van der Waals surface area contributed by atoms with E-state index >= 15 is 0 Å². The lowest BCUT2D eigenvalue weighted by molar-refractivity contribution is -0.157. The van der Waals surface area contributed by atoms with Crippen LogP contribution in [0.4, 0.5) is 0 Å². The molecule has 0 bridgehead atoms. The lowest BCUT2D eigenvalue weighted by Gasteiger charge is -2.32.